The first kappa shape index (κ1) is 13.0. The molecule has 4 nitrogen and oxygen atoms in total. The molecule has 0 spiro atoms. The molecule has 4 heteroatoms. The molecule has 1 rings (SSSR count). The first-order chi connectivity index (χ1) is 7.23. The molecule has 0 aromatic rings. The van der Waals surface area contributed by atoms with Gasteiger partial charge >= 0.3 is 0 Å². The van der Waals surface area contributed by atoms with Gasteiger partial charge in [-0.05, 0) is 18.8 Å². The Kier molecular flexibility index (Phi) is 3.61. The van der Waals surface area contributed by atoms with Gasteiger partial charge in [0.25, 0.3) is 0 Å². The molecular weight excluding hydrogens is 204 g/mol. The van der Waals surface area contributed by atoms with E-state index < -0.39 is 11.5 Å². The van der Waals surface area contributed by atoms with Gasteiger partial charge in [0.05, 0.1) is 0 Å². The highest BCUT2D eigenvalue weighted by Gasteiger charge is 2.37. The Morgan fingerprint density at radius 3 is 2.31 bits per heavy atom. The SMILES string of the molecule is CC1CCN(C(=O)C(C)(C)C)[C@@H](C(N)=O)C1. The molecule has 0 aromatic carbocycles. The zero-order valence-electron chi connectivity index (χ0n) is 10.6. The fraction of sp³-hybridized carbons (Fsp3) is 0.833. The van der Waals surface area contributed by atoms with Crippen molar-refractivity contribution < 1.29 is 9.59 Å². The van der Waals surface area contributed by atoms with Crippen LogP contribution < -0.4 is 5.73 Å². The molecule has 0 aromatic heterocycles. The van der Waals surface area contributed by atoms with E-state index in [1.54, 1.807) is 4.90 Å². The summed E-state index contributed by atoms with van der Waals surface area (Å²) < 4.78 is 0. The highest BCUT2D eigenvalue weighted by atomic mass is 16.2. The second kappa shape index (κ2) is 4.44. The average molecular weight is 226 g/mol. The molecule has 2 N–H and O–H groups in total. The minimum absolute atomic E-state index is 0.0169. The van der Waals surface area contributed by atoms with Gasteiger partial charge in [-0.3, -0.25) is 9.59 Å². The van der Waals surface area contributed by atoms with Gasteiger partial charge in [0.15, 0.2) is 0 Å². The Morgan fingerprint density at radius 1 is 1.31 bits per heavy atom. The number of carbonyl (C=O) groups is 2. The lowest BCUT2D eigenvalue weighted by molar-refractivity contribution is -0.148. The van der Waals surface area contributed by atoms with Gasteiger partial charge in [-0.15, -0.1) is 0 Å². The lowest BCUT2D eigenvalue weighted by atomic mass is 9.87. The van der Waals surface area contributed by atoms with Gasteiger partial charge in [-0.1, -0.05) is 27.7 Å². The third-order valence-electron chi connectivity index (χ3n) is 3.10. The number of nitrogens with two attached hydrogens (primary N) is 1. The van der Waals surface area contributed by atoms with Crippen LogP contribution >= 0.6 is 0 Å². The second-order valence-corrected chi connectivity index (χ2v) is 5.80. The minimum atomic E-state index is -0.450. The van der Waals surface area contributed by atoms with E-state index in [1.165, 1.54) is 0 Å². The summed E-state index contributed by atoms with van der Waals surface area (Å²) in [6.45, 7) is 8.34. The van der Waals surface area contributed by atoms with Gasteiger partial charge in [-0.2, -0.15) is 0 Å². The van der Waals surface area contributed by atoms with Crippen LogP contribution in [0.4, 0.5) is 0 Å². The first-order valence-electron chi connectivity index (χ1n) is 5.84. The topological polar surface area (TPSA) is 63.4 Å². The van der Waals surface area contributed by atoms with Crippen molar-refractivity contribution in [2.24, 2.45) is 17.1 Å². The molecule has 2 atom stereocenters. The highest BCUT2D eigenvalue weighted by Crippen LogP contribution is 2.27. The maximum absolute atomic E-state index is 12.2. The number of carbonyl (C=O) groups excluding carboxylic acids is 2. The van der Waals surface area contributed by atoms with Crippen LogP contribution in [0, 0.1) is 11.3 Å². The normalized spacial score (nSPS) is 26.6. The quantitative estimate of drug-likeness (QED) is 0.729. The maximum Gasteiger partial charge on any atom is 0.240 e. The monoisotopic (exact) mass is 226 g/mol. The Labute approximate surface area is 97.2 Å². The summed E-state index contributed by atoms with van der Waals surface area (Å²) in [6.07, 6.45) is 1.64. The smallest absolute Gasteiger partial charge is 0.240 e. The Bertz CT molecular complexity index is 294. The molecule has 92 valence electrons. The average Bonchev–Trinajstić information content (AvgIpc) is 2.15. The fourth-order valence-corrected chi connectivity index (χ4v) is 2.09. The summed E-state index contributed by atoms with van der Waals surface area (Å²) in [7, 11) is 0. The Morgan fingerprint density at radius 2 is 1.88 bits per heavy atom. The molecule has 1 heterocycles. The molecule has 1 aliphatic rings. The number of hydrogen-bond acceptors (Lipinski definition) is 2. The number of piperidine rings is 1. The van der Waals surface area contributed by atoms with Gasteiger partial charge in [-0.25, -0.2) is 0 Å². The summed E-state index contributed by atoms with van der Waals surface area (Å²) in [6, 6.07) is -0.421. The van der Waals surface area contributed by atoms with Gasteiger partial charge in [0, 0.05) is 12.0 Å². The van der Waals surface area contributed by atoms with Crippen LogP contribution in [0.1, 0.15) is 40.5 Å². The minimum Gasteiger partial charge on any atom is -0.368 e. The largest absolute Gasteiger partial charge is 0.368 e. The van der Waals surface area contributed by atoms with Crippen molar-refractivity contribution in [3.8, 4) is 0 Å². The number of hydrogen-bond donors (Lipinski definition) is 1. The lowest BCUT2D eigenvalue weighted by Gasteiger charge is -2.39. The van der Waals surface area contributed by atoms with E-state index in [-0.39, 0.29) is 11.8 Å². The number of nitrogens with zero attached hydrogens (tertiary/aromatic N) is 1. The summed E-state index contributed by atoms with van der Waals surface area (Å²) in [4.78, 5) is 25.2. The zero-order chi connectivity index (χ0) is 12.5. The number of primary amides is 1. The van der Waals surface area contributed by atoms with Crippen LogP contribution in [0.5, 0.6) is 0 Å². The van der Waals surface area contributed by atoms with Crippen molar-refractivity contribution in [3.63, 3.8) is 0 Å². The zero-order valence-corrected chi connectivity index (χ0v) is 10.6. The molecule has 1 aliphatic heterocycles. The Hall–Kier alpha value is -1.06. The van der Waals surface area contributed by atoms with Crippen molar-refractivity contribution in [1.82, 2.24) is 4.90 Å². The van der Waals surface area contributed by atoms with E-state index in [0.29, 0.717) is 18.9 Å². The third kappa shape index (κ3) is 2.74. The summed E-state index contributed by atoms with van der Waals surface area (Å²) in [5.74, 6) is 0.0915. The molecule has 0 radical (unpaired) electrons. The third-order valence-corrected chi connectivity index (χ3v) is 3.10. The molecular formula is C12H22N2O2. The summed E-state index contributed by atoms with van der Waals surface area (Å²) >= 11 is 0. The van der Waals surface area contributed by atoms with E-state index in [2.05, 4.69) is 6.92 Å². The first-order valence-corrected chi connectivity index (χ1v) is 5.84. The van der Waals surface area contributed by atoms with Crippen LogP contribution in [-0.4, -0.2) is 29.3 Å². The molecule has 2 amide bonds. The number of rotatable bonds is 1. The standard InChI is InChI=1S/C12H22N2O2/c1-8-5-6-14(9(7-8)10(13)15)11(16)12(2,3)4/h8-9H,5-7H2,1-4H3,(H2,13,15)/t8?,9-/m1/s1. The van der Waals surface area contributed by atoms with E-state index >= 15 is 0 Å². The van der Waals surface area contributed by atoms with Crippen LogP contribution in [0.25, 0.3) is 0 Å². The van der Waals surface area contributed by atoms with Crippen LogP contribution in [0.3, 0.4) is 0 Å². The summed E-state index contributed by atoms with van der Waals surface area (Å²) in [5.41, 5.74) is 4.92. The van der Waals surface area contributed by atoms with Crippen molar-refractivity contribution >= 4 is 11.8 Å². The predicted molar refractivity (Wildman–Crippen MR) is 62.5 cm³/mol. The highest BCUT2D eigenvalue weighted by molar-refractivity contribution is 5.89. The van der Waals surface area contributed by atoms with E-state index in [1.807, 2.05) is 20.8 Å². The molecule has 0 saturated carbocycles. The second-order valence-electron chi connectivity index (χ2n) is 5.80. The van der Waals surface area contributed by atoms with Crippen LogP contribution in [-0.2, 0) is 9.59 Å². The fourth-order valence-electron chi connectivity index (χ4n) is 2.09. The van der Waals surface area contributed by atoms with Crippen LogP contribution in [0.2, 0.25) is 0 Å². The number of likely N-dealkylation sites (tertiary alicyclic amines) is 1. The van der Waals surface area contributed by atoms with Crippen molar-refractivity contribution in [3.05, 3.63) is 0 Å². The van der Waals surface area contributed by atoms with Gasteiger partial charge in [0.1, 0.15) is 6.04 Å². The van der Waals surface area contributed by atoms with Gasteiger partial charge in [0.2, 0.25) is 11.8 Å². The van der Waals surface area contributed by atoms with Gasteiger partial charge < -0.3 is 10.6 Å². The predicted octanol–water partition coefficient (Wildman–Crippen LogP) is 1.14. The van der Waals surface area contributed by atoms with Crippen molar-refractivity contribution in [2.75, 3.05) is 6.54 Å². The summed E-state index contributed by atoms with van der Waals surface area (Å²) in [5, 5.41) is 0. The molecule has 0 aliphatic carbocycles. The molecule has 16 heavy (non-hydrogen) atoms. The molecule has 1 fully saturated rings. The number of amides is 2. The Balaban J connectivity index is 2.85. The lowest BCUT2D eigenvalue weighted by Crippen LogP contribution is -2.54. The van der Waals surface area contributed by atoms with E-state index in [9.17, 15) is 9.59 Å². The molecule has 0 bridgehead atoms. The van der Waals surface area contributed by atoms with Crippen molar-refractivity contribution in [1.29, 1.82) is 0 Å². The van der Waals surface area contributed by atoms with Crippen LogP contribution in [0.15, 0.2) is 0 Å². The van der Waals surface area contributed by atoms with E-state index in [4.69, 9.17) is 5.73 Å². The van der Waals surface area contributed by atoms with E-state index in [0.717, 1.165) is 6.42 Å². The molecule has 1 saturated heterocycles. The molecule has 1 unspecified atom stereocenters. The van der Waals surface area contributed by atoms with Crippen molar-refractivity contribution in [2.45, 2.75) is 46.6 Å². The maximum atomic E-state index is 12.2.